The Kier molecular flexibility index (Phi) is 11.1. The molecule has 2 fully saturated rings. The Morgan fingerprint density at radius 1 is 1.04 bits per heavy atom. The monoisotopic (exact) mass is 680 g/mol. The molecule has 264 valence electrons. The fourth-order valence-corrected chi connectivity index (χ4v) is 7.28. The highest BCUT2D eigenvalue weighted by Crippen LogP contribution is 2.36. The van der Waals surface area contributed by atoms with Gasteiger partial charge in [0, 0.05) is 67.6 Å². The predicted octanol–water partition coefficient (Wildman–Crippen LogP) is 3.57. The second-order valence-corrected chi connectivity index (χ2v) is 13.8. The van der Waals surface area contributed by atoms with E-state index in [2.05, 4.69) is 71.1 Å². The van der Waals surface area contributed by atoms with Gasteiger partial charge in [0.25, 0.3) is 0 Å². The number of nitrogens with zero attached hydrogens (tertiary/aromatic N) is 8. The molecule has 0 bridgehead atoms. The summed E-state index contributed by atoms with van der Waals surface area (Å²) in [7, 11) is 5.91. The maximum absolute atomic E-state index is 13.3. The van der Waals surface area contributed by atoms with Gasteiger partial charge < -0.3 is 34.0 Å². The van der Waals surface area contributed by atoms with E-state index in [1.807, 2.05) is 19.0 Å². The van der Waals surface area contributed by atoms with Crippen molar-refractivity contribution in [3.63, 3.8) is 0 Å². The first-order valence-corrected chi connectivity index (χ1v) is 17.6. The number of likely N-dealkylation sites (tertiary alicyclic amines) is 1. The van der Waals surface area contributed by atoms with Crippen LogP contribution in [0.25, 0.3) is 10.8 Å². The Morgan fingerprint density at radius 3 is 2.62 bits per heavy atom. The average molecular weight is 681 g/mol. The predicted molar refractivity (Wildman–Crippen MR) is 193 cm³/mol. The Labute approximate surface area is 294 Å². The summed E-state index contributed by atoms with van der Waals surface area (Å²) >= 11 is 0. The standard InChI is InChI=1S/C38H48N8O4/c1-27-8-5-9-28-10-6-12-33(36(27)28)44-19-16-31-32(25-44)40-38(50-26-30-11-7-18-43(30)4)41-37(31)45-20-21-46(29(24-45)15-17-39)34(47)13-14-35(48)49-23-22-42(2)3/h5-6,8-10,12-14,29-30H,7,11,15-16,18-26H2,1-4H3/b14-13+/t29-,30-/m0/s1. The van der Waals surface area contributed by atoms with Gasteiger partial charge in [0.1, 0.15) is 19.0 Å². The third kappa shape index (κ3) is 8.01. The summed E-state index contributed by atoms with van der Waals surface area (Å²) in [6, 6.07) is 15.4. The number of carbonyl (C=O) groups excluding carboxylic acids is 2. The normalized spacial score (nSPS) is 19.6. The summed E-state index contributed by atoms with van der Waals surface area (Å²) in [5.74, 6) is -0.0641. The van der Waals surface area contributed by atoms with Crippen molar-refractivity contribution in [2.45, 2.75) is 51.2 Å². The lowest BCUT2D eigenvalue weighted by molar-refractivity contribution is -0.138. The zero-order valence-electron chi connectivity index (χ0n) is 29.7. The van der Waals surface area contributed by atoms with E-state index in [1.165, 1.54) is 34.2 Å². The molecule has 2 saturated heterocycles. The van der Waals surface area contributed by atoms with E-state index in [0.29, 0.717) is 51.4 Å². The summed E-state index contributed by atoms with van der Waals surface area (Å²) in [4.78, 5) is 46.0. The summed E-state index contributed by atoms with van der Waals surface area (Å²) in [5.41, 5.74) is 4.45. The second kappa shape index (κ2) is 15.9. The van der Waals surface area contributed by atoms with Crippen molar-refractivity contribution in [3.05, 3.63) is 65.4 Å². The van der Waals surface area contributed by atoms with Crippen LogP contribution in [0.2, 0.25) is 0 Å². The van der Waals surface area contributed by atoms with Gasteiger partial charge in [-0.25, -0.2) is 4.79 Å². The summed E-state index contributed by atoms with van der Waals surface area (Å²) in [5, 5.41) is 12.2. The number of likely N-dealkylation sites (N-methyl/N-ethyl adjacent to an activating group) is 2. The lowest BCUT2D eigenvalue weighted by Gasteiger charge is -2.42. The first-order valence-electron chi connectivity index (χ1n) is 17.6. The number of piperazine rings is 1. The SMILES string of the molecule is Cc1cccc2cccc(N3CCc4c(nc(OC[C@@H]5CCCN5C)nc4N4CCN(C(=O)/C=C/C(=O)OCCN(C)C)[C@@H](CC#N)C4)C3)c12. The van der Waals surface area contributed by atoms with E-state index in [4.69, 9.17) is 19.4 Å². The lowest BCUT2D eigenvalue weighted by atomic mass is 9.99. The van der Waals surface area contributed by atoms with Crippen molar-refractivity contribution in [2.24, 2.45) is 0 Å². The smallest absolute Gasteiger partial charge is 0.330 e. The first-order chi connectivity index (χ1) is 24.2. The molecule has 0 unspecified atom stereocenters. The third-order valence-corrected chi connectivity index (χ3v) is 10.1. The number of ether oxygens (including phenoxy) is 2. The van der Waals surface area contributed by atoms with Crippen LogP contribution in [0.4, 0.5) is 11.5 Å². The fraction of sp³-hybridized carbons (Fsp3) is 0.500. The minimum Gasteiger partial charge on any atom is -0.462 e. The van der Waals surface area contributed by atoms with Crippen LogP contribution in [0.5, 0.6) is 6.01 Å². The minimum absolute atomic E-state index is 0.155. The second-order valence-electron chi connectivity index (χ2n) is 13.8. The number of anilines is 2. The van der Waals surface area contributed by atoms with Crippen LogP contribution in [-0.4, -0.2) is 122 Å². The topological polar surface area (TPSA) is 118 Å². The number of aromatic nitrogens is 2. The van der Waals surface area contributed by atoms with Crippen LogP contribution in [0.3, 0.4) is 0 Å². The molecule has 3 aliphatic rings. The zero-order chi connectivity index (χ0) is 35.2. The van der Waals surface area contributed by atoms with E-state index >= 15 is 0 Å². The number of hydrogen-bond donors (Lipinski definition) is 0. The molecule has 1 amide bonds. The third-order valence-electron chi connectivity index (χ3n) is 10.1. The van der Waals surface area contributed by atoms with Gasteiger partial charge in [-0.2, -0.15) is 15.2 Å². The van der Waals surface area contributed by atoms with Gasteiger partial charge in [-0.05, 0) is 70.9 Å². The Bertz CT molecular complexity index is 1770. The van der Waals surface area contributed by atoms with Crippen LogP contribution >= 0.6 is 0 Å². The van der Waals surface area contributed by atoms with Crippen LogP contribution in [0, 0.1) is 18.3 Å². The van der Waals surface area contributed by atoms with Crippen LogP contribution in [0.15, 0.2) is 48.6 Å². The average Bonchev–Trinajstić information content (AvgIpc) is 3.53. The molecule has 0 aliphatic carbocycles. The lowest BCUT2D eigenvalue weighted by Crippen LogP contribution is -2.55. The summed E-state index contributed by atoms with van der Waals surface area (Å²) < 4.78 is 11.5. The number of nitriles is 1. The number of hydrogen-bond acceptors (Lipinski definition) is 11. The highest BCUT2D eigenvalue weighted by Gasteiger charge is 2.34. The van der Waals surface area contributed by atoms with Gasteiger partial charge in [-0.1, -0.05) is 30.3 Å². The molecule has 6 rings (SSSR count). The number of amides is 1. The van der Waals surface area contributed by atoms with Gasteiger partial charge in [0.05, 0.1) is 30.8 Å². The summed E-state index contributed by atoms with van der Waals surface area (Å²) in [6.07, 6.45) is 5.55. The molecule has 12 heteroatoms. The van der Waals surface area contributed by atoms with Gasteiger partial charge >= 0.3 is 12.0 Å². The molecular weight excluding hydrogens is 632 g/mol. The Morgan fingerprint density at radius 2 is 1.86 bits per heavy atom. The number of carbonyl (C=O) groups is 2. The largest absolute Gasteiger partial charge is 0.462 e. The molecule has 0 N–H and O–H groups in total. The van der Waals surface area contributed by atoms with E-state index in [-0.39, 0.29) is 25.0 Å². The van der Waals surface area contributed by atoms with Crippen molar-refractivity contribution in [3.8, 4) is 12.1 Å². The molecule has 12 nitrogen and oxygen atoms in total. The number of fused-ring (bicyclic) bond motifs is 2. The highest BCUT2D eigenvalue weighted by atomic mass is 16.5. The van der Waals surface area contributed by atoms with Gasteiger partial charge in [-0.3, -0.25) is 4.79 Å². The quantitative estimate of drug-likeness (QED) is 0.219. The van der Waals surface area contributed by atoms with Gasteiger partial charge in [-0.15, -0.1) is 0 Å². The Balaban J connectivity index is 1.24. The Hall–Kier alpha value is -4.73. The summed E-state index contributed by atoms with van der Waals surface area (Å²) in [6.45, 7) is 7.33. The van der Waals surface area contributed by atoms with Crippen molar-refractivity contribution < 1.29 is 19.1 Å². The van der Waals surface area contributed by atoms with E-state index in [9.17, 15) is 14.9 Å². The van der Waals surface area contributed by atoms with Crippen molar-refractivity contribution in [1.82, 2.24) is 24.7 Å². The molecule has 3 aromatic rings. The molecule has 1 aromatic heterocycles. The van der Waals surface area contributed by atoms with Crippen LogP contribution < -0.4 is 14.5 Å². The number of rotatable bonds is 11. The molecule has 2 atom stereocenters. The van der Waals surface area contributed by atoms with Crippen LogP contribution in [0.1, 0.15) is 36.1 Å². The molecular formula is C38H48N8O4. The van der Waals surface area contributed by atoms with E-state index in [0.717, 1.165) is 49.4 Å². The molecule has 0 saturated carbocycles. The van der Waals surface area contributed by atoms with E-state index < -0.39 is 5.97 Å². The first kappa shape index (κ1) is 35.1. The molecule has 0 radical (unpaired) electrons. The van der Waals surface area contributed by atoms with Crippen LogP contribution in [-0.2, 0) is 27.3 Å². The van der Waals surface area contributed by atoms with Crippen molar-refractivity contribution in [2.75, 3.05) is 83.4 Å². The zero-order valence-corrected chi connectivity index (χ0v) is 29.7. The molecule has 0 spiro atoms. The van der Waals surface area contributed by atoms with Crippen molar-refractivity contribution >= 4 is 34.2 Å². The molecule has 3 aliphatic heterocycles. The van der Waals surface area contributed by atoms with E-state index in [1.54, 1.807) is 4.90 Å². The van der Waals surface area contributed by atoms with Gasteiger partial charge in [0.15, 0.2) is 0 Å². The maximum atomic E-state index is 13.3. The van der Waals surface area contributed by atoms with Gasteiger partial charge in [0.2, 0.25) is 5.91 Å². The number of esters is 1. The van der Waals surface area contributed by atoms with Crippen molar-refractivity contribution in [1.29, 1.82) is 5.26 Å². The molecule has 2 aromatic carbocycles. The highest BCUT2D eigenvalue weighted by molar-refractivity contribution is 5.97. The number of aryl methyl sites for hydroxylation is 1. The minimum atomic E-state index is -0.563. The molecule has 50 heavy (non-hydrogen) atoms. The fourth-order valence-electron chi connectivity index (χ4n) is 7.28. The number of benzene rings is 2. The molecule has 4 heterocycles. The maximum Gasteiger partial charge on any atom is 0.330 e.